The summed E-state index contributed by atoms with van der Waals surface area (Å²) in [5.41, 5.74) is 3.53. The van der Waals surface area contributed by atoms with Crippen molar-refractivity contribution in [3.63, 3.8) is 0 Å². The number of aryl methyl sites for hydroxylation is 2. The first-order valence-electron chi connectivity index (χ1n) is 9.18. The Hall–Kier alpha value is -2.16. The maximum Gasteiger partial charge on any atom is 0.260 e. The fraction of sp³-hybridized carbons (Fsp3) is 0.263. The second-order valence-electron chi connectivity index (χ2n) is 6.92. The van der Waals surface area contributed by atoms with Crippen molar-refractivity contribution < 1.29 is 0 Å². The van der Waals surface area contributed by atoms with Gasteiger partial charge in [-0.15, -0.1) is 21.5 Å². The first kappa shape index (κ1) is 16.8. The molecule has 0 amide bonds. The molecule has 0 saturated carbocycles. The molecule has 1 aliphatic rings. The predicted molar refractivity (Wildman–Crippen MR) is 113 cm³/mol. The van der Waals surface area contributed by atoms with Gasteiger partial charge in [-0.1, -0.05) is 35.5 Å². The predicted octanol–water partition coefficient (Wildman–Crippen LogP) is 4.81. The fourth-order valence-corrected chi connectivity index (χ4v) is 6.35. The highest BCUT2D eigenvalue weighted by molar-refractivity contribution is 7.98. The molecule has 0 radical (unpaired) electrons. The summed E-state index contributed by atoms with van der Waals surface area (Å²) in [6, 6.07) is 7.94. The highest BCUT2D eigenvalue weighted by Gasteiger charge is 2.24. The quantitative estimate of drug-likeness (QED) is 0.387. The van der Waals surface area contributed by atoms with E-state index in [9.17, 15) is 0 Å². The van der Waals surface area contributed by atoms with Gasteiger partial charge in [-0.05, 0) is 48.9 Å². The Morgan fingerprint density at radius 2 is 1.96 bits per heavy atom. The van der Waals surface area contributed by atoms with Gasteiger partial charge in [0, 0.05) is 15.7 Å². The minimum atomic E-state index is 0.720. The normalized spacial score (nSPS) is 14.3. The van der Waals surface area contributed by atoms with Crippen LogP contribution in [0.25, 0.3) is 21.6 Å². The smallest absolute Gasteiger partial charge is 0.244 e. The van der Waals surface area contributed by atoms with Gasteiger partial charge in [0.25, 0.3) is 5.78 Å². The molecular formula is C19H15ClN6S2. The average molecular weight is 427 g/mol. The number of aromatic nitrogens is 6. The van der Waals surface area contributed by atoms with Gasteiger partial charge in [0.15, 0.2) is 10.8 Å². The Balaban J connectivity index is 1.55. The number of halogens is 1. The molecule has 4 heterocycles. The third-order valence-corrected chi connectivity index (χ3v) is 7.74. The lowest BCUT2D eigenvalue weighted by molar-refractivity contribution is 0.700. The minimum absolute atomic E-state index is 0.720. The van der Waals surface area contributed by atoms with Crippen molar-refractivity contribution in [2.75, 3.05) is 0 Å². The molecule has 0 fully saturated rings. The Labute approximate surface area is 173 Å². The van der Waals surface area contributed by atoms with Crippen molar-refractivity contribution in [1.29, 1.82) is 0 Å². The summed E-state index contributed by atoms with van der Waals surface area (Å²) in [7, 11) is 0. The van der Waals surface area contributed by atoms with E-state index in [4.69, 9.17) is 11.6 Å². The van der Waals surface area contributed by atoms with Crippen LogP contribution in [0.4, 0.5) is 0 Å². The van der Waals surface area contributed by atoms with Gasteiger partial charge in [0.2, 0.25) is 0 Å². The van der Waals surface area contributed by atoms with Gasteiger partial charge in [-0.25, -0.2) is 9.38 Å². The van der Waals surface area contributed by atoms with E-state index in [-0.39, 0.29) is 0 Å². The van der Waals surface area contributed by atoms with E-state index in [2.05, 4.69) is 24.7 Å². The SMILES string of the molecule is Clc1ccc(CSc2nnc3n4ncnc4c4c5c(sc4n23)CCCC5)cc1. The van der Waals surface area contributed by atoms with Crippen LogP contribution in [-0.2, 0) is 18.6 Å². The van der Waals surface area contributed by atoms with Crippen LogP contribution in [0.15, 0.2) is 35.7 Å². The van der Waals surface area contributed by atoms with Crippen LogP contribution in [0.3, 0.4) is 0 Å². The molecule has 140 valence electrons. The van der Waals surface area contributed by atoms with Crippen molar-refractivity contribution in [2.24, 2.45) is 0 Å². The highest BCUT2D eigenvalue weighted by atomic mass is 35.5. The largest absolute Gasteiger partial charge is 0.260 e. The fourth-order valence-electron chi connectivity index (χ4n) is 3.90. The molecule has 1 aliphatic carbocycles. The minimum Gasteiger partial charge on any atom is -0.244 e. The number of hydrogen-bond donors (Lipinski definition) is 0. The Bertz CT molecular complexity index is 1330. The van der Waals surface area contributed by atoms with E-state index < -0.39 is 0 Å². The van der Waals surface area contributed by atoms with Crippen molar-refractivity contribution in [3.05, 3.63) is 51.6 Å². The zero-order chi connectivity index (χ0) is 18.7. The van der Waals surface area contributed by atoms with Crippen LogP contribution in [0, 0.1) is 0 Å². The van der Waals surface area contributed by atoms with E-state index >= 15 is 0 Å². The van der Waals surface area contributed by atoms with E-state index in [1.54, 1.807) is 18.1 Å². The zero-order valence-electron chi connectivity index (χ0n) is 14.8. The lowest BCUT2D eigenvalue weighted by Crippen LogP contribution is -2.01. The average Bonchev–Trinajstić information content (AvgIpc) is 3.43. The molecule has 5 aromatic rings. The third kappa shape index (κ3) is 2.48. The molecule has 6 rings (SSSR count). The molecule has 1 aromatic carbocycles. The summed E-state index contributed by atoms with van der Waals surface area (Å²) in [6.07, 6.45) is 6.35. The molecule has 0 bridgehead atoms. The molecule has 28 heavy (non-hydrogen) atoms. The second-order valence-corrected chi connectivity index (χ2v) is 9.38. The molecule has 0 atom stereocenters. The Morgan fingerprint density at radius 3 is 2.86 bits per heavy atom. The molecule has 0 N–H and O–H groups in total. The van der Waals surface area contributed by atoms with Gasteiger partial charge in [0.1, 0.15) is 11.2 Å². The lowest BCUT2D eigenvalue weighted by atomic mass is 9.97. The van der Waals surface area contributed by atoms with E-state index in [1.165, 1.54) is 39.1 Å². The monoisotopic (exact) mass is 426 g/mol. The molecule has 0 saturated heterocycles. The summed E-state index contributed by atoms with van der Waals surface area (Å²) in [5.74, 6) is 1.53. The first-order valence-corrected chi connectivity index (χ1v) is 11.4. The molecular weight excluding hydrogens is 412 g/mol. The zero-order valence-corrected chi connectivity index (χ0v) is 17.2. The molecule has 0 unspecified atom stereocenters. The van der Waals surface area contributed by atoms with Crippen LogP contribution in [0.2, 0.25) is 5.02 Å². The number of benzene rings is 1. The molecule has 9 heteroatoms. The molecule has 6 nitrogen and oxygen atoms in total. The molecule has 0 spiro atoms. The highest BCUT2D eigenvalue weighted by Crippen LogP contribution is 2.39. The Morgan fingerprint density at radius 1 is 1.11 bits per heavy atom. The number of thioether (sulfide) groups is 1. The van der Waals surface area contributed by atoms with Crippen LogP contribution in [0.1, 0.15) is 28.8 Å². The number of nitrogens with zero attached hydrogens (tertiary/aromatic N) is 6. The van der Waals surface area contributed by atoms with Gasteiger partial charge >= 0.3 is 0 Å². The lowest BCUT2D eigenvalue weighted by Gasteiger charge is -2.10. The van der Waals surface area contributed by atoms with Gasteiger partial charge in [-0.2, -0.15) is 9.61 Å². The standard InChI is InChI=1S/C19H15ClN6S2/c20-12-7-5-11(6-8-12)9-27-19-24-23-18-25(19)17-15(16-21-10-22-26(16)18)13-3-1-2-4-14(13)28-17/h5-8,10H,1-4,9H2. The van der Waals surface area contributed by atoms with Crippen LogP contribution in [-0.4, -0.2) is 29.2 Å². The topological polar surface area (TPSA) is 60.4 Å². The first-order chi connectivity index (χ1) is 13.8. The molecule has 4 aromatic heterocycles. The van der Waals surface area contributed by atoms with Crippen LogP contribution < -0.4 is 0 Å². The van der Waals surface area contributed by atoms with Gasteiger partial charge < -0.3 is 0 Å². The summed E-state index contributed by atoms with van der Waals surface area (Å²) in [5, 5.41) is 16.2. The van der Waals surface area contributed by atoms with Crippen LogP contribution >= 0.6 is 34.7 Å². The number of thiophene rings is 1. The second kappa shape index (κ2) is 6.43. The van der Waals surface area contributed by atoms with Gasteiger partial charge in [0.05, 0.1) is 5.39 Å². The van der Waals surface area contributed by atoms with Crippen molar-refractivity contribution in [2.45, 2.75) is 36.6 Å². The summed E-state index contributed by atoms with van der Waals surface area (Å²) in [4.78, 5) is 7.21. The maximum absolute atomic E-state index is 6.00. The van der Waals surface area contributed by atoms with Gasteiger partial charge in [-0.3, -0.25) is 0 Å². The Kier molecular flexibility index (Phi) is 3.85. The van der Waals surface area contributed by atoms with E-state index in [1.807, 2.05) is 40.1 Å². The number of rotatable bonds is 3. The van der Waals surface area contributed by atoms with E-state index in [0.717, 1.165) is 40.2 Å². The van der Waals surface area contributed by atoms with Crippen LogP contribution in [0.5, 0.6) is 0 Å². The number of hydrogen-bond acceptors (Lipinski definition) is 6. The summed E-state index contributed by atoms with van der Waals surface area (Å²) < 4.78 is 3.98. The molecule has 0 aliphatic heterocycles. The van der Waals surface area contributed by atoms with Crippen molar-refractivity contribution >= 4 is 56.3 Å². The van der Waals surface area contributed by atoms with Crippen molar-refractivity contribution in [1.82, 2.24) is 29.2 Å². The summed E-state index contributed by atoms with van der Waals surface area (Å²) in [6.45, 7) is 0. The number of fused-ring (bicyclic) bond motifs is 8. The summed E-state index contributed by atoms with van der Waals surface area (Å²) >= 11 is 9.54. The maximum atomic E-state index is 6.00. The van der Waals surface area contributed by atoms with E-state index in [0.29, 0.717) is 0 Å². The van der Waals surface area contributed by atoms with Crippen molar-refractivity contribution in [3.8, 4) is 0 Å². The third-order valence-electron chi connectivity index (χ3n) is 5.21.